The maximum Gasteiger partial charge on any atom is 0.0726 e. The second-order valence-corrected chi connectivity index (χ2v) is 15.1. The molecule has 236 valence electrons. The van der Waals surface area contributed by atoms with Gasteiger partial charge in [-0.1, -0.05) is 133 Å². The summed E-state index contributed by atoms with van der Waals surface area (Å²) < 4.78 is 5.19. The first-order valence-electron chi connectivity index (χ1n) is 17.7. The molecule has 2 aliphatic carbocycles. The van der Waals surface area contributed by atoms with Crippen molar-refractivity contribution in [3.05, 3.63) is 198 Å². The van der Waals surface area contributed by atoms with Crippen LogP contribution in [0.2, 0.25) is 0 Å². The van der Waals surface area contributed by atoms with Crippen molar-refractivity contribution in [3.63, 3.8) is 0 Å². The predicted octanol–water partition coefficient (Wildman–Crippen LogP) is 13.2. The van der Waals surface area contributed by atoms with Gasteiger partial charge in [-0.2, -0.15) is 0 Å². The van der Waals surface area contributed by atoms with Gasteiger partial charge in [0.2, 0.25) is 0 Å². The lowest BCUT2D eigenvalue weighted by Gasteiger charge is -2.30. The summed E-state index contributed by atoms with van der Waals surface area (Å²) in [6.45, 7) is 0. The lowest BCUT2D eigenvalue weighted by Crippen LogP contribution is -2.25. The standard InChI is InChI=1S/C49H29NS/c1-2-12-32(13-3-1)50-44-26-22-30(31-23-27-46-39(29-31)35-16-7-11-21-45(35)51-46)28-38(44)36-24-25-43-47(48(36)50)37-17-6-10-20-42(37)49(43)40-18-8-4-14-33(40)34-15-5-9-19-41(34)49/h1-29H. The SMILES string of the molecule is c1ccc(-n2c3ccc(-c4ccc5sc6ccccc6c5c4)cc3c3ccc4c(c32)-c2ccccc2C42c3ccccc3-c3ccccc32)cc1. The molecule has 2 aliphatic rings. The molecular weight excluding hydrogens is 635 g/mol. The second-order valence-electron chi connectivity index (χ2n) is 14.0. The minimum absolute atomic E-state index is 0.380. The quantitative estimate of drug-likeness (QED) is 0.173. The number of aromatic nitrogens is 1. The van der Waals surface area contributed by atoms with Crippen molar-refractivity contribution >= 4 is 53.3 Å². The molecule has 1 nitrogen and oxygen atoms in total. The maximum absolute atomic E-state index is 2.52. The van der Waals surface area contributed by atoms with E-state index in [9.17, 15) is 0 Å². The summed E-state index contributed by atoms with van der Waals surface area (Å²) in [7, 11) is 0. The first-order chi connectivity index (χ1) is 25.3. The zero-order valence-electron chi connectivity index (χ0n) is 27.6. The van der Waals surface area contributed by atoms with Crippen LogP contribution in [0.1, 0.15) is 22.3 Å². The molecule has 12 rings (SSSR count). The van der Waals surface area contributed by atoms with E-state index in [0.717, 1.165) is 0 Å². The van der Waals surface area contributed by atoms with Crippen LogP contribution in [0.3, 0.4) is 0 Å². The minimum Gasteiger partial charge on any atom is -0.309 e. The van der Waals surface area contributed by atoms with Crippen molar-refractivity contribution in [2.45, 2.75) is 5.41 Å². The largest absolute Gasteiger partial charge is 0.309 e. The zero-order valence-corrected chi connectivity index (χ0v) is 28.4. The fourth-order valence-electron chi connectivity index (χ4n) is 9.61. The third kappa shape index (κ3) is 3.45. The molecule has 0 saturated carbocycles. The zero-order chi connectivity index (χ0) is 33.3. The van der Waals surface area contributed by atoms with Crippen LogP contribution in [0.5, 0.6) is 0 Å². The molecule has 2 aromatic heterocycles. The van der Waals surface area contributed by atoms with Crippen LogP contribution in [0.25, 0.3) is 81.0 Å². The number of nitrogens with zero attached hydrogens (tertiary/aromatic N) is 1. The summed E-state index contributed by atoms with van der Waals surface area (Å²) in [5, 5.41) is 5.22. The highest BCUT2D eigenvalue weighted by Crippen LogP contribution is 2.64. The summed E-state index contributed by atoms with van der Waals surface area (Å²) in [6.07, 6.45) is 0. The van der Waals surface area contributed by atoms with E-state index in [2.05, 4.69) is 180 Å². The molecule has 0 fully saturated rings. The molecule has 0 saturated heterocycles. The summed E-state index contributed by atoms with van der Waals surface area (Å²) in [5.74, 6) is 0. The Bertz CT molecular complexity index is 3040. The van der Waals surface area contributed by atoms with Gasteiger partial charge in [0.25, 0.3) is 0 Å². The number of fused-ring (bicyclic) bond motifs is 17. The Labute approximate surface area is 299 Å². The fraction of sp³-hybridized carbons (Fsp3) is 0.0204. The number of hydrogen-bond donors (Lipinski definition) is 0. The van der Waals surface area contributed by atoms with Gasteiger partial charge in [0.1, 0.15) is 0 Å². The van der Waals surface area contributed by atoms with Crippen LogP contribution in [0, 0.1) is 0 Å². The van der Waals surface area contributed by atoms with Gasteiger partial charge in [0, 0.05) is 42.2 Å². The van der Waals surface area contributed by atoms with Crippen molar-refractivity contribution in [1.29, 1.82) is 0 Å². The Morgan fingerprint density at radius 2 is 0.980 bits per heavy atom. The summed E-state index contributed by atoms with van der Waals surface area (Å²) >= 11 is 1.87. The molecule has 10 aromatic rings. The van der Waals surface area contributed by atoms with E-state index in [1.165, 1.54) is 103 Å². The van der Waals surface area contributed by atoms with Gasteiger partial charge in [0.15, 0.2) is 0 Å². The van der Waals surface area contributed by atoms with Gasteiger partial charge >= 0.3 is 0 Å². The summed E-state index contributed by atoms with van der Waals surface area (Å²) in [6, 6.07) is 65.9. The van der Waals surface area contributed by atoms with Gasteiger partial charge in [-0.3, -0.25) is 0 Å². The molecule has 0 bridgehead atoms. The van der Waals surface area contributed by atoms with Crippen LogP contribution >= 0.6 is 11.3 Å². The van der Waals surface area contributed by atoms with Crippen molar-refractivity contribution < 1.29 is 0 Å². The molecule has 0 atom stereocenters. The lowest BCUT2D eigenvalue weighted by atomic mass is 9.70. The van der Waals surface area contributed by atoms with E-state index in [0.29, 0.717) is 0 Å². The second kappa shape index (κ2) is 9.94. The van der Waals surface area contributed by atoms with E-state index in [1.54, 1.807) is 0 Å². The van der Waals surface area contributed by atoms with Crippen molar-refractivity contribution in [2.24, 2.45) is 0 Å². The molecule has 0 radical (unpaired) electrons. The van der Waals surface area contributed by atoms with Gasteiger partial charge in [-0.05, 0) is 92.5 Å². The Hall–Kier alpha value is -6.22. The van der Waals surface area contributed by atoms with Gasteiger partial charge in [-0.25, -0.2) is 0 Å². The maximum atomic E-state index is 2.52. The normalized spacial score (nSPS) is 13.6. The van der Waals surface area contributed by atoms with Crippen molar-refractivity contribution in [3.8, 4) is 39.1 Å². The topological polar surface area (TPSA) is 4.93 Å². The molecule has 0 unspecified atom stereocenters. The number of para-hydroxylation sites is 1. The molecule has 0 aliphatic heterocycles. The van der Waals surface area contributed by atoms with E-state index < -0.39 is 0 Å². The third-order valence-corrected chi connectivity index (χ3v) is 12.8. The Morgan fingerprint density at radius 3 is 1.75 bits per heavy atom. The number of rotatable bonds is 2. The van der Waals surface area contributed by atoms with Crippen LogP contribution in [0.15, 0.2) is 176 Å². The first-order valence-corrected chi connectivity index (χ1v) is 18.5. The van der Waals surface area contributed by atoms with Crippen LogP contribution in [0.4, 0.5) is 0 Å². The van der Waals surface area contributed by atoms with Crippen LogP contribution in [-0.2, 0) is 5.41 Å². The van der Waals surface area contributed by atoms with E-state index in [4.69, 9.17) is 0 Å². The molecule has 0 N–H and O–H groups in total. The summed E-state index contributed by atoms with van der Waals surface area (Å²) in [4.78, 5) is 0. The molecule has 1 spiro atoms. The highest BCUT2D eigenvalue weighted by molar-refractivity contribution is 7.25. The van der Waals surface area contributed by atoms with Crippen LogP contribution < -0.4 is 0 Å². The average Bonchev–Trinajstić information content (AvgIpc) is 3.91. The molecule has 51 heavy (non-hydrogen) atoms. The van der Waals surface area contributed by atoms with Crippen molar-refractivity contribution in [1.82, 2.24) is 4.57 Å². The highest BCUT2D eigenvalue weighted by Gasteiger charge is 2.52. The molecular formula is C49H29NS. The van der Waals surface area contributed by atoms with Gasteiger partial charge in [0.05, 0.1) is 16.4 Å². The Morgan fingerprint density at radius 1 is 0.392 bits per heavy atom. The molecule has 0 amide bonds. The number of hydrogen-bond acceptors (Lipinski definition) is 1. The lowest BCUT2D eigenvalue weighted by molar-refractivity contribution is 0.794. The first kappa shape index (κ1) is 27.6. The smallest absolute Gasteiger partial charge is 0.0726 e. The van der Waals surface area contributed by atoms with Crippen molar-refractivity contribution in [2.75, 3.05) is 0 Å². The minimum atomic E-state index is -0.380. The molecule has 8 aromatic carbocycles. The summed E-state index contributed by atoms with van der Waals surface area (Å²) in [5.41, 5.74) is 16.6. The average molecular weight is 664 g/mol. The monoisotopic (exact) mass is 663 g/mol. The fourth-order valence-corrected chi connectivity index (χ4v) is 10.7. The Kier molecular flexibility index (Phi) is 5.38. The molecule has 2 heterocycles. The number of benzene rings is 8. The Balaban J connectivity index is 1.19. The molecule has 2 heteroatoms. The van der Waals surface area contributed by atoms with E-state index in [-0.39, 0.29) is 5.41 Å². The third-order valence-electron chi connectivity index (χ3n) is 11.6. The van der Waals surface area contributed by atoms with Gasteiger partial charge < -0.3 is 4.57 Å². The van der Waals surface area contributed by atoms with E-state index >= 15 is 0 Å². The van der Waals surface area contributed by atoms with Gasteiger partial charge in [-0.15, -0.1) is 11.3 Å². The van der Waals surface area contributed by atoms with E-state index in [1.807, 2.05) is 11.3 Å². The highest BCUT2D eigenvalue weighted by atomic mass is 32.1. The predicted molar refractivity (Wildman–Crippen MR) is 215 cm³/mol. The van der Waals surface area contributed by atoms with Crippen LogP contribution in [-0.4, -0.2) is 4.57 Å². The number of thiophene rings is 1.